The zero-order valence-electron chi connectivity index (χ0n) is 4.58. The normalized spacial score (nSPS) is 25.0. The highest BCUT2D eigenvalue weighted by atomic mass is 16.5. The van der Waals surface area contributed by atoms with Gasteiger partial charge in [-0.25, -0.2) is 0 Å². The van der Waals surface area contributed by atoms with E-state index < -0.39 is 0 Å². The number of ether oxygens (including phenoxy) is 1. The van der Waals surface area contributed by atoms with Crippen LogP contribution in [-0.2, 0) is 4.74 Å². The Morgan fingerprint density at radius 2 is 2.00 bits per heavy atom. The second kappa shape index (κ2) is 3.08. The molecule has 0 unspecified atom stereocenters. The summed E-state index contributed by atoms with van der Waals surface area (Å²) >= 11 is 0. The van der Waals surface area contributed by atoms with Crippen LogP contribution in [0.1, 0.15) is 6.42 Å². The van der Waals surface area contributed by atoms with Gasteiger partial charge >= 0.3 is 0 Å². The summed E-state index contributed by atoms with van der Waals surface area (Å²) in [5, 5.41) is 0. The van der Waals surface area contributed by atoms with E-state index in [0.29, 0.717) is 0 Å². The van der Waals surface area contributed by atoms with Gasteiger partial charge in [0, 0.05) is 0 Å². The Balaban J connectivity index is 2.51. The molecule has 0 aromatic rings. The summed E-state index contributed by atoms with van der Waals surface area (Å²) < 4.78 is 4.86. The summed E-state index contributed by atoms with van der Waals surface area (Å²) in [5.41, 5.74) is 0. The second-order valence-electron chi connectivity index (χ2n) is 1.50. The minimum absolute atomic E-state index is 0.963. The molecule has 0 aromatic carbocycles. The van der Waals surface area contributed by atoms with Crippen molar-refractivity contribution in [1.82, 2.24) is 0 Å². The van der Waals surface area contributed by atoms with Gasteiger partial charge in [0.05, 0.1) is 12.5 Å². The van der Waals surface area contributed by atoms with Crippen molar-refractivity contribution in [2.45, 2.75) is 6.42 Å². The molecule has 1 rings (SSSR count). The van der Waals surface area contributed by atoms with Crippen LogP contribution in [0.15, 0.2) is 36.8 Å². The maximum atomic E-state index is 4.86. The first-order valence-corrected chi connectivity index (χ1v) is 2.62. The fourth-order valence-electron chi connectivity index (χ4n) is 0.483. The van der Waals surface area contributed by atoms with Crippen LogP contribution < -0.4 is 0 Å². The molecular weight excluding hydrogens is 100 g/mol. The van der Waals surface area contributed by atoms with Crippen molar-refractivity contribution in [3.8, 4) is 0 Å². The van der Waals surface area contributed by atoms with E-state index in [2.05, 4.69) is 6.08 Å². The molecule has 0 saturated carbocycles. The molecule has 0 bridgehead atoms. The van der Waals surface area contributed by atoms with Gasteiger partial charge in [0.25, 0.3) is 0 Å². The molecule has 0 fully saturated rings. The molecule has 42 valence electrons. The quantitative estimate of drug-likeness (QED) is 0.461. The van der Waals surface area contributed by atoms with Crippen molar-refractivity contribution >= 4 is 0 Å². The topological polar surface area (TPSA) is 9.23 Å². The fourth-order valence-corrected chi connectivity index (χ4v) is 0.483. The molecule has 0 saturated heterocycles. The summed E-state index contributed by atoms with van der Waals surface area (Å²) in [7, 11) is 0. The summed E-state index contributed by atoms with van der Waals surface area (Å²) in [6.07, 6.45) is 12.1. The van der Waals surface area contributed by atoms with Crippen molar-refractivity contribution in [3.05, 3.63) is 36.8 Å². The molecule has 0 radical (unpaired) electrons. The van der Waals surface area contributed by atoms with Gasteiger partial charge in [0.1, 0.15) is 0 Å². The lowest BCUT2D eigenvalue weighted by Gasteiger charge is -1.89. The van der Waals surface area contributed by atoms with E-state index in [1.165, 1.54) is 0 Å². The van der Waals surface area contributed by atoms with Crippen LogP contribution in [0.2, 0.25) is 0 Å². The Bertz CT molecular complexity index is 115. The third kappa shape index (κ3) is 1.65. The first-order chi connectivity index (χ1) is 4.00. The molecule has 0 aliphatic carbocycles. The molecule has 1 heteroatoms. The predicted octanol–water partition coefficient (Wildman–Crippen LogP) is 1.99. The zero-order chi connectivity index (χ0) is 5.66. The number of hydrogen-bond acceptors (Lipinski definition) is 1. The number of allylic oxidation sites excluding steroid dienone is 4. The lowest BCUT2D eigenvalue weighted by atomic mass is 10.3. The van der Waals surface area contributed by atoms with E-state index in [-0.39, 0.29) is 0 Å². The van der Waals surface area contributed by atoms with Crippen LogP contribution in [0.25, 0.3) is 0 Å². The van der Waals surface area contributed by atoms with Gasteiger partial charge in [0.15, 0.2) is 0 Å². The van der Waals surface area contributed by atoms with Gasteiger partial charge in [-0.1, -0.05) is 12.2 Å². The highest BCUT2D eigenvalue weighted by Gasteiger charge is 1.73. The highest BCUT2D eigenvalue weighted by Crippen LogP contribution is 1.92. The van der Waals surface area contributed by atoms with Crippen LogP contribution in [-0.4, -0.2) is 0 Å². The van der Waals surface area contributed by atoms with Crippen molar-refractivity contribution < 1.29 is 4.74 Å². The summed E-state index contributed by atoms with van der Waals surface area (Å²) in [4.78, 5) is 0. The Morgan fingerprint density at radius 3 is 3.00 bits per heavy atom. The molecule has 0 spiro atoms. The van der Waals surface area contributed by atoms with Gasteiger partial charge in [-0.15, -0.1) is 0 Å². The Morgan fingerprint density at radius 1 is 1.00 bits per heavy atom. The van der Waals surface area contributed by atoms with E-state index in [1.807, 2.05) is 18.2 Å². The van der Waals surface area contributed by atoms with E-state index in [1.54, 1.807) is 12.5 Å². The monoisotopic (exact) mass is 108 g/mol. The minimum atomic E-state index is 0.963. The first-order valence-electron chi connectivity index (χ1n) is 2.62. The molecule has 0 aromatic heterocycles. The number of hydrogen-bond donors (Lipinski definition) is 0. The van der Waals surface area contributed by atoms with E-state index in [0.717, 1.165) is 6.42 Å². The molecule has 0 amide bonds. The average molecular weight is 108 g/mol. The SMILES string of the molecule is C1=CC/C=C/O/C=C\1. The molecule has 0 atom stereocenters. The van der Waals surface area contributed by atoms with Crippen molar-refractivity contribution in [1.29, 1.82) is 0 Å². The fraction of sp³-hybridized carbons (Fsp3) is 0.143. The lowest BCUT2D eigenvalue weighted by molar-refractivity contribution is 0.401. The standard InChI is InChI=1S/C7H8O/c1-2-4-6-8-7-5-3-1/h1-2,4-7H,3H2/b2-1?,6-4-,7-5+. The third-order valence-electron chi connectivity index (χ3n) is 0.851. The summed E-state index contributed by atoms with van der Waals surface area (Å²) in [6.45, 7) is 0. The van der Waals surface area contributed by atoms with Crippen LogP contribution in [0.3, 0.4) is 0 Å². The lowest BCUT2D eigenvalue weighted by Crippen LogP contribution is -1.68. The van der Waals surface area contributed by atoms with Crippen LogP contribution in [0, 0.1) is 0 Å². The van der Waals surface area contributed by atoms with Crippen molar-refractivity contribution in [2.75, 3.05) is 0 Å². The smallest absolute Gasteiger partial charge is 0.0901 e. The molecular formula is C7H8O. The van der Waals surface area contributed by atoms with Gasteiger partial charge < -0.3 is 4.74 Å². The van der Waals surface area contributed by atoms with Crippen molar-refractivity contribution in [2.24, 2.45) is 0 Å². The zero-order valence-corrected chi connectivity index (χ0v) is 4.58. The largest absolute Gasteiger partial charge is 0.473 e. The maximum absolute atomic E-state index is 4.86. The Kier molecular flexibility index (Phi) is 1.99. The minimum Gasteiger partial charge on any atom is -0.473 e. The van der Waals surface area contributed by atoms with Crippen LogP contribution >= 0.6 is 0 Å². The second-order valence-corrected chi connectivity index (χ2v) is 1.50. The summed E-state index contributed by atoms with van der Waals surface area (Å²) in [5.74, 6) is 0. The van der Waals surface area contributed by atoms with Crippen molar-refractivity contribution in [3.63, 3.8) is 0 Å². The summed E-state index contributed by atoms with van der Waals surface area (Å²) in [6, 6.07) is 0. The maximum Gasteiger partial charge on any atom is 0.0901 e. The number of rotatable bonds is 0. The molecule has 8 heavy (non-hydrogen) atoms. The van der Waals surface area contributed by atoms with Crippen LogP contribution in [0.4, 0.5) is 0 Å². The van der Waals surface area contributed by atoms with E-state index in [9.17, 15) is 0 Å². The molecule has 1 aliphatic rings. The van der Waals surface area contributed by atoms with Crippen LogP contribution in [0.5, 0.6) is 0 Å². The molecule has 1 nitrogen and oxygen atoms in total. The Labute approximate surface area is 49.0 Å². The molecule has 1 heterocycles. The van der Waals surface area contributed by atoms with Gasteiger partial charge in [-0.3, -0.25) is 0 Å². The van der Waals surface area contributed by atoms with E-state index >= 15 is 0 Å². The predicted molar refractivity (Wildman–Crippen MR) is 33.1 cm³/mol. The third-order valence-corrected chi connectivity index (χ3v) is 0.851. The van der Waals surface area contributed by atoms with E-state index in [4.69, 9.17) is 4.74 Å². The highest BCUT2D eigenvalue weighted by molar-refractivity contribution is 5.04. The molecule has 1 aliphatic heterocycles. The first kappa shape index (κ1) is 5.16. The molecule has 0 N–H and O–H groups in total. The Hall–Kier alpha value is -0.980. The van der Waals surface area contributed by atoms with Gasteiger partial charge in [0.2, 0.25) is 0 Å². The van der Waals surface area contributed by atoms with Gasteiger partial charge in [-0.05, 0) is 18.6 Å². The van der Waals surface area contributed by atoms with Gasteiger partial charge in [-0.2, -0.15) is 0 Å². The average Bonchev–Trinajstić information content (AvgIpc) is 1.62.